The molecule has 1 saturated heterocycles. The van der Waals surface area contributed by atoms with Crippen molar-refractivity contribution in [2.24, 2.45) is 5.73 Å². The van der Waals surface area contributed by atoms with Gasteiger partial charge in [0.2, 0.25) is 0 Å². The van der Waals surface area contributed by atoms with Crippen LogP contribution in [0.4, 0.5) is 5.69 Å². The third-order valence-corrected chi connectivity index (χ3v) is 5.44. The highest BCUT2D eigenvalue weighted by Crippen LogP contribution is 2.20. The monoisotopic (exact) mass is 366 g/mol. The minimum absolute atomic E-state index is 0.116. The van der Waals surface area contributed by atoms with Gasteiger partial charge in [0.05, 0.1) is 0 Å². The fourth-order valence-corrected chi connectivity index (χ4v) is 3.66. The summed E-state index contributed by atoms with van der Waals surface area (Å²) in [6.07, 6.45) is 0.992. The molecule has 4 heteroatoms. The zero-order valence-corrected chi connectivity index (χ0v) is 17.1. The molecular formula is C23H34N4. The molecule has 0 aliphatic carbocycles. The summed E-state index contributed by atoms with van der Waals surface area (Å²) in [6, 6.07) is 17.8. The summed E-state index contributed by atoms with van der Waals surface area (Å²) < 4.78 is 0. The normalized spacial score (nSPS) is 16.7. The molecular weight excluding hydrogens is 332 g/mol. The van der Waals surface area contributed by atoms with Crippen LogP contribution in [0.2, 0.25) is 0 Å². The molecule has 0 aromatic heterocycles. The zero-order chi connectivity index (χ0) is 19.2. The van der Waals surface area contributed by atoms with Gasteiger partial charge in [0.1, 0.15) is 0 Å². The van der Waals surface area contributed by atoms with Gasteiger partial charge in [0.15, 0.2) is 0 Å². The maximum atomic E-state index is 6.39. The molecule has 1 heterocycles. The number of aryl methyl sites for hydroxylation is 1. The van der Waals surface area contributed by atoms with Gasteiger partial charge in [-0.1, -0.05) is 42.0 Å². The van der Waals surface area contributed by atoms with Gasteiger partial charge in [0, 0.05) is 44.5 Å². The molecule has 0 spiro atoms. The Kier molecular flexibility index (Phi) is 6.89. The Morgan fingerprint density at radius 2 is 1.70 bits per heavy atom. The minimum Gasteiger partial charge on any atom is -0.369 e. The molecule has 1 unspecified atom stereocenters. The lowest BCUT2D eigenvalue weighted by Crippen LogP contribution is -2.45. The van der Waals surface area contributed by atoms with Crippen LogP contribution in [0.1, 0.15) is 29.2 Å². The number of hydrogen-bond donors (Lipinski definition) is 1. The van der Waals surface area contributed by atoms with Crippen LogP contribution in [0.15, 0.2) is 48.5 Å². The van der Waals surface area contributed by atoms with Crippen LogP contribution in [0.25, 0.3) is 0 Å². The summed E-state index contributed by atoms with van der Waals surface area (Å²) in [6.45, 7) is 8.55. The van der Waals surface area contributed by atoms with E-state index in [4.69, 9.17) is 5.73 Å². The Balaban J connectivity index is 1.53. The van der Waals surface area contributed by atoms with Crippen molar-refractivity contribution in [3.63, 3.8) is 0 Å². The van der Waals surface area contributed by atoms with Gasteiger partial charge in [-0.25, -0.2) is 0 Å². The first-order chi connectivity index (χ1) is 13.0. The molecule has 0 saturated carbocycles. The molecule has 1 atom stereocenters. The van der Waals surface area contributed by atoms with Crippen LogP contribution >= 0.6 is 0 Å². The lowest BCUT2D eigenvalue weighted by Gasteiger charge is -2.36. The average Bonchev–Trinajstić information content (AvgIpc) is 2.67. The second-order valence-electron chi connectivity index (χ2n) is 8.04. The molecule has 2 aromatic carbocycles. The molecule has 1 aliphatic heterocycles. The largest absolute Gasteiger partial charge is 0.369 e. The third kappa shape index (κ3) is 5.80. The van der Waals surface area contributed by atoms with Crippen molar-refractivity contribution < 1.29 is 0 Å². The third-order valence-electron chi connectivity index (χ3n) is 5.44. The number of rotatable bonds is 7. The Hall–Kier alpha value is -1.88. The standard InChI is InChI=1S/C23H34N4/c1-19-7-9-22(10-8-19)27-15-13-26(14-16-27)18-20-5-4-6-21(17-20)23(24)11-12-25(2)3/h4-10,17,23H,11-16,18,24H2,1-3H3. The second kappa shape index (κ2) is 9.36. The van der Waals surface area contributed by atoms with E-state index in [1.807, 2.05) is 0 Å². The highest BCUT2D eigenvalue weighted by Gasteiger charge is 2.17. The Morgan fingerprint density at radius 1 is 1.00 bits per heavy atom. The van der Waals surface area contributed by atoms with Gasteiger partial charge in [-0.15, -0.1) is 0 Å². The lowest BCUT2D eigenvalue weighted by atomic mass is 10.0. The van der Waals surface area contributed by atoms with Crippen LogP contribution in [0.3, 0.4) is 0 Å². The van der Waals surface area contributed by atoms with Crippen molar-refractivity contribution in [2.75, 3.05) is 51.7 Å². The molecule has 0 amide bonds. The maximum Gasteiger partial charge on any atom is 0.0367 e. The molecule has 146 valence electrons. The Morgan fingerprint density at radius 3 is 2.37 bits per heavy atom. The van der Waals surface area contributed by atoms with Crippen molar-refractivity contribution in [1.82, 2.24) is 9.80 Å². The van der Waals surface area contributed by atoms with E-state index in [1.54, 1.807) is 0 Å². The second-order valence-corrected chi connectivity index (χ2v) is 8.04. The topological polar surface area (TPSA) is 35.7 Å². The molecule has 3 rings (SSSR count). The predicted molar refractivity (Wildman–Crippen MR) is 115 cm³/mol. The van der Waals surface area contributed by atoms with Gasteiger partial charge in [-0.05, 0) is 57.2 Å². The van der Waals surface area contributed by atoms with E-state index in [1.165, 1.54) is 22.4 Å². The van der Waals surface area contributed by atoms with Crippen molar-refractivity contribution in [1.29, 1.82) is 0 Å². The van der Waals surface area contributed by atoms with Gasteiger partial charge < -0.3 is 15.5 Å². The number of hydrogen-bond acceptors (Lipinski definition) is 4. The van der Waals surface area contributed by atoms with Crippen molar-refractivity contribution in [3.8, 4) is 0 Å². The molecule has 0 radical (unpaired) electrons. The number of nitrogens with two attached hydrogens (primary N) is 1. The molecule has 0 bridgehead atoms. The minimum atomic E-state index is 0.116. The summed E-state index contributed by atoms with van der Waals surface area (Å²) in [4.78, 5) is 7.23. The van der Waals surface area contributed by atoms with Gasteiger partial charge >= 0.3 is 0 Å². The molecule has 4 nitrogen and oxygen atoms in total. The van der Waals surface area contributed by atoms with Crippen LogP contribution in [-0.2, 0) is 6.54 Å². The molecule has 2 N–H and O–H groups in total. The lowest BCUT2D eigenvalue weighted by molar-refractivity contribution is 0.250. The Bertz CT molecular complexity index is 703. The van der Waals surface area contributed by atoms with Crippen molar-refractivity contribution in [2.45, 2.75) is 25.9 Å². The SMILES string of the molecule is Cc1ccc(N2CCN(Cc3cccc(C(N)CCN(C)C)c3)CC2)cc1. The van der Waals surface area contributed by atoms with Crippen LogP contribution < -0.4 is 10.6 Å². The zero-order valence-electron chi connectivity index (χ0n) is 17.1. The summed E-state index contributed by atoms with van der Waals surface area (Å²) in [5.74, 6) is 0. The maximum absolute atomic E-state index is 6.39. The summed E-state index contributed by atoms with van der Waals surface area (Å²) in [5.41, 5.74) is 11.7. The number of benzene rings is 2. The molecule has 1 aliphatic rings. The summed E-state index contributed by atoms with van der Waals surface area (Å²) in [5, 5.41) is 0. The van der Waals surface area contributed by atoms with Crippen LogP contribution in [-0.4, -0.2) is 56.6 Å². The highest BCUT2D eigenvalue weighted by molar-refractivity contribution is 5.47. The first-order valence-corrected chi connectivity index (χ1v) is 10.0. The molecule has 27 heavy (non-hydrogen) atoms. The first-order valence-electron chi connectivity index (χ1n) is 10.0. The molecule has 2 aromatic rings. The summed E-state index contributed by atoms with van der Waals surface area (Å²) in [7, 11) is 4.19. The van der Waals surface area contributed by atoms with E-state index in [9.17, 15) is 0 Å². The number of anilines is 1. The van der Waals surface area contributed by atoms with E-state index < -0.39 is 0 Å². The van der Waals surface area contributed by atoms with Crippen LogP contribution in [0, 0.1) is 6.92 Å². The van der Waals surface area contributed by atoms with E-state index >= 15 is 0 Å². The van der Waals surface area contributed by atoms with Crippen LogP contribution in [0.5, 0.6) is 0 Å². The van der Waals surface area contributed by atoms with E-state index in [-0.39, 0.29) is 6.04 Å². The van der Waals surface area contributed by atoms with E-state index in [0.717, 1.165) is 45.7 Å². The predicted octanol–water partition coefficient (Wildman–Crippen LogP) is 3.27. The average molecular weight is 367 g/mol. The highest BCUT2D eigenvalue weighted by atomic mass is 15.3. The summed E-state index contributed by atoms with van der Waals surface area (Å²) >= 11 is 0. The van der Waals surface area contributed by atoms with E-state index in [0.29, 0.717) is 0 Å². The van der Waals surface area contributed by atoms with Crippen molar-refractivity contribution in [3.05, 3.63) is 65.2 Å². The first kappa shape index (κ1) is 19.9. The molecule has 1 fully saturated rings. The smallest absolute Gasteiger partial charge is 0.0367 e. The van der Waals surface area contributed by atoms with Gasteiger partial charge in [-0.3, -0.25) is 4.90 Å². The van der Waals surface area contributed by atoms with Gasteiger partial charge in [-0.2, -0.15) is 0 Å². The van der Waals surface area contributed by atoms with E-state index in [2.05, 4.69) is 84.2 Å². The fourth-order valence-electron chi connectivity index (χ4n) is 3.66. The van der Waals surface area contributed by atoms with Gasteiger partial charge in [0.25, 0.3) is 0 Å². The Labute approximate surface area is 164 Å². The number of nitrogens with zero attached hydrogens (tertiary/aromatic N) is 3. The fraction of sp³-hybridized carbons (Fsp3) is 0.478. The quantitative estimate of drug-likeness (QED) is 0.816. The van der Waals surface area contributed by atoms with Crippen molar-refractivity contribution >= 4 is 5.69 Å². The number of piperazine rings is 1.